The topological polar surface area (TPSA) is 102 Å². The standard InChI is InChI=1S/C17H25N3O4S/c1-4-24-17(23)13-11(3)14(15(18)22)25-16(13)19-12(21)9-20-7-5-6-10(2)8-20/h10H,4-9H2,1-3H3,(H2,18,22)(H,19,21). The summed E-state index contributed by atoms with van der Waals surface area (Å²) in [5, 5.41) is 3.08. The summed E-state index contributed by atoms with van der Waals surface area (Å²) in [4.78, 5) is 38.5. The predicted molar refractivity (Wildman–Crippen MR) is 97.0 cm³/mol. The maximum absolute atomic E-state index is 12.4. The molecular weight excluding hydrogens is 342 g/mol. The van der Waals surface area contributed by atoms with Crippen molar-refractivity contribution in [3.63, 3.8) is 0 Å². The van der Waals surface area contributed by atoms with Crippen LogP contribution in [0.3, 0.4) is 0 Å². The van der Waals surface area contributed by atoms with Gasteiger partial charge >= 0.3 is 5.97 Å². The fourth-order valence-electron chi connectivity index (χ4n) is 3.09. The average molecular weight is 367 g/mol. The van der Waals surface area contributed by atoms with Gasteiger partial charge in [-0.15, -0.1) is 11.3 Å². The predicted octanol–water partition coefficient (Wildman–Crippen LogP) is 2.00. The van der Waals surface area contributed by atoms with Gasteiger partial charge in [-0.1, -0.05) is 6.92 Å². The molecule has 25 heavy (non-hydrogen) atoms. The van der Waals surface area contributed by atoms with Gasteiger partial charge in [0.25, 0.3) is 5.91 Å². The van der Waals surface area contributed by atoms with E-state index >= 15 is 0 Å². The molecule has 1 saturated heterocycles. The molecular formula is C17H25N3O4S. The Morgan fingerprint density at radius 3 is 2.72 bits per heavy atom. The Balaban J connectivity index is 2.16. The number of carbonyl (C=O) groups is 3. The molecule has 2 heterocycles. The molecule has 3 N–H and O–H groups in total. The van der Waals surface area contributed by atoms with Crippen LogP contribution in [0.4, 0.5) is 5.00 Å². The SMILES string of the molecule is CCOC(=O)c1c(NC(=O)CN2CCCC(C)C2)sc(C(N)=O)c1C. The number of rotatable bonds is 6. The van der Waals surface area contributed by atoms with Crippen LogP contribution in [-0.2, 0) is 9.53 Å². The van der Waals surface area contributed by atoms with E-state index in [1.165, 1.54) is 6.42 Å². The molecule has 7 nitrogen and oxygen atoms in total. The first-order chi connectivity index (χ1) is 11.8. The molecule has 0 aromatic carbocycles. The summed E-state index contributed by atoms with van der Waals surface area (Å²) < 4.78 is 5.04. The first-order valence-corrected chi connectivity index (χ1v) is 9.27. The van der Waals surface area contributed by atoms with Crippen LogP contribution < -0.4 is 11.1 Å². The van der Waals surface area contributed by atoms with Crippen molar-refractivity contribution in [3.05, 3.63) is 16.0 Å². The van der Waals surface area contributed by atoms with Crippen LogP contribution >= 0.6 is 11.3 Å². The van der Waals surface area contributed by atoms with E-state index in [0.717, 1.165) is 30.8 Å². The van der Waals surface area contributed by atoms with Crippen LogP contribution in [0, 0.1) is 12.8 Å². The average Bonchev–Trinajstić information content (AvgIpc) is 2.84. The molecule has 1 aromatic rings. The van der Waals surface area contributed by atoms with Gasteiger partial charge in [0.1, 0.15) is 5.00 Å². The van der Waals surface area contributed by atoms with Crippen LogP contribution in [0.15, 0.2) is 0 Å². The lowest BCUT2D eigenvalue weighted by Crippen LogP contribution is -2.39. The van der Waals surface area contributed by atoms with Crippen LogP contribution in [0.5, 0.6) is 0 Å². The van der Waals surface area contributed by atoms with Crippen LogP contribution in [0.2, 0.25) is 0 Å². The number of hydrogen-bond acceptors (Lipinski definition) is 6. The number of thiophene rings is 1. The lowest BCUT2D eigenvalue weighted by molar-refractivity contribution is -0.117. The van der Waals surface area contributed by atoms with Crippen molar-refractivity contribution < 1.29 is 19.1 Å². The number of anilines is 1. The largest absolute Gasteiger partial charge is 0.462 e. The van der Waals surface area contributed by atoms with Crippen molar-refractivity contribution in [2.75, 3.05) is 31.6 Å². The van der Waals surface area contributed by atoms with E-state index in [-0.39, 0.29) is 29.5 Å². The molecule has 0 aliphatic carbocycles. The Labute approximate surface area is 151 Å². The summed E-state index contributed by atoms with van der Waals surface area (Å²) in [6, 6.07) is 0. The van der Waals surface area contributed by atoms with E-state index in [9.17, 15) is 14.4 Å². The molecule has 1 aromatic heterocycles. The Bertz CT molecular complexity index is 671. The number of amides is 2. The highest BCUT2D eigenvalue weighted by atomic mass is 32.1. The zero-order valence-electron chi connectivity index (χ0n) is 14.9. The van der Waals surface area contributed by atoms with E-state index < -0.39 is 11.9 Å². The molecule has 2 amide bonds. The minimum atomic E-state index is -0.626. The van der Waals surface area contributed by atoms with E-state index in [4.69, 9.17) is 10.5 Å². The number of nitrogens with one attached hydrogen (secondary N) is 1. The maximum Gasteiger partial charge on any atom is 0.341 e. The van der Waals surface area contributed by atoms with Crippen molar-refractivity contribution in [3.8, 4) is 0 Å². The number of piperidine rings is 1. The molecule has 1 atom stereocenters. The fourth-order valence-corrected chi connectivity index (χ4v) is 4.15. The summed E-state index contributed by atoms with van der Waals surface area (Å²) >= 11 is 1.01. The summed E-state index contributed by atoms with van der Waals surface area (Å²) in [6.45, 7) is 7.74. The Kier molecular flexibility index (Phi) is 6.55. The number of primary amides is 1. The number of nitrogens with two attached hydrogens (primary N) is 1. The maximum atomic E-state index is 12.4. The van der Waals surface area contributed by atoms with Crippen LogP contribution in [-0.4, -0.2) is 48.9 Å². The molecule has 1 fully saturated rings. The molecule has 0 spiro atoms. The smallest absolute Gasteiger partial charge is 0.341 e. The van der Waals surface area contributed by atoms with Crippen molar-refractivity contribution in [2.45, 2.75) is 33.6 Å². The fraction of sp³-hybridized carbons (Fsp3) is 0.588. The third-order valence-electron chi connectivity index (χ3n) is 4.21. The van der Waals surface area contributed by atoms with Crippen LogP contribution in [0.25, 0.3) is 0 Å². The number of esters is 1. The highest BCUT2D eigenvalue weighted by molar-refractivity contribution is 7.18. The van der Waals surface area contributed by atoms with Gasteiger partial charge in [0, 0.05) is 6.54 Å². The normalized spacial score (nSPS) is 18.0. The van der Waals surface area contributed by atoms with E-state index in [2.05, 4.69) is 17.1 Å². The zero-order chi connectivity index (χ0) is 18.6. The van der Waals surface area contributed by atoms with Gasteiger partial charge in [0.05, 0.1) is 23.6 Å². The van der Waals surface area contributed by atoms with Crippen molar-refractivity contribution >= 4 is 34.1 Å². The zero-order valence-corrected chi connectivity index (χ0v) is 15.7. The van der Waals surface area contributed by atoms with Gasteiger partial charge in [-0.3, -0.25) is 14.5 Å². The van der Waals surface area contributed by atoms with Crippen LogP contribution in [0.1, 0.15) is 52.3 Å². The number of ether oxygens (including phenoxy) is 1. The molecule has 1 aliphatic rings. The van der Waals surface area contributed by atoms with Gasteiger partial charge in [0.2, 0.25) is 5.91 Å². The summed E-state index contributed by atoms with van der Waals surface area (Å²) in [6.07, 6.45) is 2.25. The van der Waals surface area contributed by atoms with Gasteiger partial charge < -0.3 is 15.8 Å². The number of likely N-dealkylation sites (tertiary alicyclic amines) is 1. The van der Waals surface area contributed by atoms with Crippen molar-refractivity contribution in [1.82, 2.24) is 4.90 Å². The second-order valence-electron chi connectivity index (χ2n) is 6.38. The lowest BCUT2D eigenvalue weighted by Gasteiger charge is -2.30. The molecule has 1 aliphatic heterocycles. The minimum absolute atomic E-state index is 0.207. The van der Waals surface area contributed by atoms with Crippen molar-refractivity contribution in [1.29, 1.82) is 0 Å². The monoisotopic (exact) mass is 367 g/mol. The molecule has 2 rings (SSSR count). The first kappa shape index (κ1) is 19.4. The second kappa shape index (κ2) is 8.44. The van der Waals surface area contributed by atoms with E-state index in [1.807, 2.05) is 0 Å². The Morgan fingerprint density at radius 2 is 2.12 bits per heavy atom. The summed E-state index contributed by atoms with van der Waals surface area (Å²) in [5.41, 5.74) is 6.02. The minimum Gasteiger partial charge on any atom is -0.462 e. The third-order valence-corrected chi connectivity index (χ3v) is 5.43. The van der Waals surface area contributed by atoms with E-state index in [1.54, 1.807) is 13.8 Å². The van der Waals surface area contributed by atoms with Gasteiger partial charge in [0.15, 0.2) is 0 Å². The number of carbonyl (C=O) groups excluding carboxylic acids is 3. The molecule has 8 heteroatoms. The van der Waals surface area contributed by atoms with Gasteiger partial charge in [-0.05, 0) is 44.7 Å². The second-order valence-corrected chi connectivity index (χ2v) is 7.40. The summed E-state index contributed by atoms with van der Waals surface area (Å²) in [5.74, 6) is -0.831. The molecule has 0 radical (unpaired) electrons. The Hall–Kier alpha value is -1.93. The highest BCUT2D eigenvalue weighted by Crippen LogP contribution is 2.33. The van der Waals surface area contributed by atoms with Gasteiger partial charge in [-0.2, -0.15) is 0 Å². The number of hydrogen-bond donors (Lipinski definition) is 2. The van der Waals surface area contributed by atoms with Gasteiger partial charge in [-0.25, -0.2) is 4.79 Å². The molecule has 1 unspecified atom stereocenters. The third kappa shape index (κ3) is 4.79. The molecule has 138 valence electrons. The Morgan fingerprint density at radius 1 is 1.40 bits per heavy atom. The number of nitrogens with zero attached hydrogens (tertiary/aromatic N) is 1. The summed E-state index contributed by atoms with van der Waals surface area (Å²) in [7, 11) is 0. The lowest BCUT2D eigenvalue weighted by atomic mass is 10.0. The van der Waals surface area contributed by atoms with Crippen molar-refractivity contribution in [2.24, 2.45) is 11.7 Å². The molecule has 0 saturated carbocycles. The quantitative estimate of drug-likeness (QED) is 0.749. The first-order valence-electron chi connectivity index (χ1n) is 8.46. The molecule has 0 bridgehead atoms. The van der Waals surface area contributed by atoms with E-state index in [0.29, 0.717) is 16.5 Å². The highest BCUT2D eigenvalue weighted by Gasteiger charge is 2.26.